The van der Waals surface area contributed by atoms with Gasteiger partial charge in [0.05, 0.1) is 18.3 Å². The van der Waals surface area contributed by atoms with Crippen LogP contribution in [0.25, 0.3) is 23.3 Å². The van der Waals surface area contributed by atoms with Crippen molar-refractivity contribution in [2.24, 2.45) is 5.90 Å². The van der Waals surface area contributed by atoms with Crippen molar-refractivity contribution in [3.63, 3.8) is 0 Å². The molecule has 0 atom stereocenters. The third-order valence-electron chi connectivity index (χ3n) is 7.16. The first-order valence-corrected chi connectivity index (χ1v) is 14.5. The molecule has 6 rings (SSSR count). The highest BCUT2D eigenvalue weighted by Crippen LogP contribution is 2.33. The molecule has 0 fully saturated rings. The smallest absolute Gasteiger partial charge is 0.256 e. The quantitative estimate of drug-likeness (QED) is 0.0906. The van der Waals surface area contributed by atoms with Crippen LogP contribution in [0.4, 0.5) is 15.8 Å². The molecule has 5 N–H and O–H groups in total. The van der Waals surface area contributed by atoms with Gasteiger partial charge in [0.25, 0.3) is 11.8 Å². The molecule has 2 aliphatic heterocycles. The van der Waals surface area contributed by atoms with Crippen molar-refractivity contribution in [3.8, 4) is 17.2 Å². The number of para-hydroxylation sites is 1. The lowest BCUT2D eigenvalue weighted by molar-refractivity contribution is -0.211. The molecule has 4 aromatic carbocycles. The van der Waals surface area contributed by atoms with Crippen LogP contribution in [0.3, 0.4) is 0 Å². The number of amides is 2. The number of anilines is 2. The van der Waals surface area contributed by atoms with Crippen LogP contribution in [0.5, 0.6) is 17.2 Å². The van der Waals surface area contributed by atoms with E-state index in [1.807, 2.05) is 12.1 Å². The molecule has 0 unspecified atom stereocenters. The lowest BCUT2D eigenvalue weighted by Crippen LogP contribution is -2.05. The number of allylic oxidation sites excluding steroid dienone is 4. The van der Waals surface area contributed by atoms with E-state index in [0.717, 1.165) is 11.1 Å². The van der Waals surface area contributed by atoms with Gasteiger partial charge in [-0.15, -0.1) is 0 Å². The molecule has 0 aromatic heterocycles. The molecule has 0 saturated carbocycles. The summed E-state index contributed by atoms with van der Waals surface area (Å²) in [5, 5.41) is 14.9. The number of phenols is 1. The Kier molecular flexibility index (Phi) is 11.9. The summed E-state index contributed by atoms with van der Waals surface area (Å²) in [7, 11) is 1.45. The fraction of sp³-hybridized carbons (Fsp3) is 0.0526. The maximum Gasteiger partial charge on any atom is 0.256 e. The Labute approximate surface area is 286 Å². The molecule has 11 nitrogen and oxygen atoms in total. The van der Waals surface area contributed by atoms with Crippen LogP contribution in [0.1, 0.15) is 29.7 Å². The zero-order valence-electron chi connectivity index (χ0n) is 25.8. The van der Waals surface area contributed by atoms with E-state index in [1.165, 1.54) is 55.7 Å². The van der Waals surface area contributed by atoms with Crippen molar-refractivity contribution in [1.82, 2.24) is 0 Å². The van der Waals surface area contributed by atoms with Crippen LogP contribution in [-0.2, 0) is 24.2 Å². The zero-order valence-corrected chi connectivity index (χ0v) is 25.8. The fourth-order valence-electron chi connectivity index (χ4n) is 4.81. The molecular weight excluding hydrogens is 645 g/mol. The van der Waals surface area contributed by atoms with Crippen molar-refractivity contribution in [3.05, 3.63) is 137 Å². The number of nitrogens with two attached hydrogens (primary N) is 1. The number of fused-ring (bicyclic) bond motifs is 2. The number of halogens is 1. The highest BCUT2D eigenvalue weighted by atomic mass is 19.1. The van der Waals surface area contributed by atoms with E-state index < -0.39 is 17.5 Å². The maximum absolute atomic E-state index is 13.4. The van der Waals surface area contributed by atoms with Crippen LogP contribution >= 0.6 is 0 Å². The van der Waals surface area contributed by atoms with E-state index in [9.17, 15) is 28.7 Å². The van der Waals surface area contributed by atoms with Gasteiger partial charge in [0, 0.05) is 22.5 Å². The largest absolute Gasteiger partial charge is 0.504 e. The van der Waals surface area contributed by atoms with Gasteiger partial charge in [0.15, 0.2) is 28.8 Å². The van der Waals surface area contributed by atoms with E-state index in [0.29, 0.717) is 39.6 Å². The molecule has 12 heteroatoms. The van der Waals surface area contributed by atoms with E-state index in [2.05, 4.69) is 20.5 Å². The number of hydrogen-bond acceptors (Lipinski definition) is 9. The molecule has 50 heavy (non-hydrogen) atoms. The van der Waals surface area contributed by atoms with Gasteiger partial charge in [-0.2, -0.15) is 5.90 Å². The van der Waals surface area contributed by atoms with E-state index in [-0.39, 0.29) is 30.4 Å². The molecule has 2 aliphatic rings. The molecule has 0 spiro atoms. The predicted octanol–water partition coefficient (Wildman–Crippen LogP) is 6.28. The Bertz CT molecular complexity index is 2070. The number of carbonyl (C=O) groups excluding carboxylic acids is 4. The first kappa shape index (κ1) is 36.2. The third-order valence-corrected chi connectivity index (χ3v) is 7.16. The minimum Gasteiger partial charge on any atom is -0.504 e. The normalized spacial score (nSPS) is 14.4. The number of hydrogen-bond donors (Lipinski definition) is 4. The molecule has 0 saturated heterocycles. The molecule has 2 amide bonds. The second-order valence-electron chi connectivity index (χ2n) is 10.4. The Morgan fingerprint density at radius 2 is 1.34 bits per heavy atom. The number of aromatic hydroxyl groups is 1. The van der Waals surface area contributed by atoms with E-state index >= 15 is 0 Å². The molecule has 0 radical (unpaired) electrons. The molecule has 4 aromatic rings. The number of phenolic OH excluding ortho intramolecular Hbond substituents is 1. The highest BCUT2D eigenvalue weighted by molar-refractivity contribution is 6.35. The first-order valence-electron chi connectivity index (χ1n) is 14.5. The summed E-state index contributed by atoms with van der Waals surface area (Å²) in [6, 6.07) is 22.5. The highest BCUT2D eigenvalue weighted by Gasteiger charge is 2.25. The Hall–Kier alpha value is -6.63. The number of nitrogens with one attached hydrogen (secondary N) is 2. The molecule has 0 aliphatic carbocycles. The fourth-order valence-corrected chi connectivity index (χ4v) is 4.81. The molecule has 254 valence electrons. The van der Waals surface area contributed by atoms with Crippen LogP contribution < -0.4 is 26.2 Å². The van der Waals surface area contributed by atoms with E-state index in [4.69, 9.17) is 10.6 Å². The van der Waals surface area contributed by atoms with Crippen LogP contribution in [0.15, 0.2) is 109 Å². The minimum atomic E-state index is -0.479. The van der Waals surface area contributed by atoms with Gasteiger partial charge in [-0.3, -0.25) is 19.2 Å². The molecular formula is C38H32FN3O8. The Morgan fingerprint density at radius 1 is 0.760 bits per heavy atom. The predicted molar refractivity (Wildman–Crippen MR) is 188 cm³/mol. The molecule has 2 heterocycles. The van der Waals surface area contributed by atoms with Gasteiger partial charge >= 0.3 is 0 Å². The second kappa shape index (κ2) is 16.5. The topological polar surface area (TPSA) is 166 Å². The number of rotatable bonds is 9. The van der Waals surface area contributed by atoms with Crippen LogP contribution in [0.2, 0.25) is 0 Å². The maximum atomic E-state index is 13.4. The number of ketones is 2. The monoisotopic (exact) mass is 677 g/mol. The summed E-state index contributed by atoms with van der Waals surface area (Å²) in [5.41, 5.74) is 4.19. The second-order valence-corrected chi connectivity index (χ2v) is 10.4. The average molecular weight is 678 g/mol. The summed E-state index contributed by atoms with van der Waals surface area (Å²) in [4.78, 5) is 56.8. The Balaban J connectivity index is 0.000000220. The van der Waals surface area contributed by atoms with Crippen molar-refractivity contribution >= 4 is 58.1 Å². The van der Waals surface area contributed by atoms with Gasteiger partial charge in [-0.05, 0) is 84.0 Å². The summed E-state index contributed by atoms with van der Waals surface area (Å²) in [6.07, 6.45) is 8.35. The van der Waals surface area contributed by atoms with Crippen LogP contribution in [0, 0.1) is 5.82 Å². The average Bonchev–Trinajstić information content (AvgIpc) is 3.58. The van der Waals surface area contributed by atoms with Gasteiger partial charge in [0.1, 0.15) is 5.82 Å². The molecule has 0 bridgehead atoms. The third kappa shape index (κ3) is 8.83. The minimum absolute atomic E-state index is 0. The number of methoxy groups -OCH3 is 1. The van der Waals surface area contributed by atoms with Crippen LogP contribution in [-0.4, -0.2) is 35.6 Å². The van der Waals surface area contributed by atoms with Crippen molar-refractivity contribution in [2.45, 2.75) is 7.43 Å². The van der Waals surface area contributed by atoms with E-state index in [1.54, 1.807) is 60.7 Å². The van der Waals surface area contributed by atoms with Crippen molar-refractivity contribution in [2.75, 3.05) is 17.7 Å². The summed E-state index contributed by atoms with van der Waals surface area (Å²) in [6.45, 7) is 0. The van der Waals surface area contributed by atoms with Crippen molar-refractivity contribution < 1.29 is 43.3 Å². The lowest BCUT2D eigenvalue weighted by Gasteiger charge is -2.03. The summed E-state index contributed by atoms with van der Waals surface area (Å²) >= 11 is 0. The Morgan fingerprint density at radius 3 is 1.98 bits per heavy atom. The number of ether oxygens (including phenoxy) is 1. The number of carbonyl (C=O) groups is 4. The van der Waals surface area contributed by atoms with Crippen molar-refractivity contribution in [1.29, 1.82) is 0 Å². The number of benzene rings is 4. The first-order chi connectivity index (χ1) is 23.6. The SMILES string of the molecule is C.COc1cc(/C=C/C(=O)/C=C2/C(=O)Nc3ccccc32)ccc1O.NOOc1ccc(/C=C/C(=O)/C=C2/C(=O)Nc3ccc(F)cc32)cc1. The van der Waals surface area contributed by atoms with Gasteiger partial charge in [0.2, 0.25) is 0 Å². The lowest BCUT2D eigenvalue weighted by atomic mass is 10.1. The summed E-state index contributed by atoms with van der Waals surface area (Å²) < 4.78 is 18.4. The van der Waals surface area contributed by atoms with Gasteiger partial charge in [-0.1, -0.05) is 61.0 Å². The van der Waals surface area contributed by atoms with Gasteiger partial charge in [-0.25, -0.2) is 4.39 Å². The zero-order chi connectivity index (χ0) is 34.9. The van der Waals surface area contributed by atoms with Gasteiger partial charge < -0.3 is 25.4 Å². The summed E-state index contributed by atoms with van der Waals surface area (Å²) in [5.74, 6) is 3.65. The standard InChI is InChI=1S/C19H15NO4.C18H13FN2O4.CH4/c1-24-18-10-12(7-9-17(18)22)6-8-13(21)11-15-14-4-2-3-5-16(14)20-19(15)23;19-12-4-8-17-15(9-12)16(18(23)21-17)10-13(22)5-1-11-2-6-14(7-3-11)24-25-20;/h2-11,22H,1H3,(H,20,23);1-10H,20H2,(H,21,23);1H4/b8-6+,15-11+;5-1+,16-10+;.